The van der Waals surface area contributed by atoms with Crippen LogP contribution in [0.4, 0.5) is 0 Å². The van der Waals surface area contributed by atoms with Gasteiger partial charge in [-0.05, 0) is 94.4 Å². The first-order chi connectivity index (χ1) is 23.9. The Bertz CT molecular complexity index is 838. The third kappa shape index (κ3) is 11.7. The Hall–Kier alpha value is 0.390. The molecule has 2 heterocycles. The molecule has 6 aliphatic rings. The molecule has 1 nitrogen and oxygen atoms in total. The second kappa shape index (κ2) is 21.8. The lowest BCUT2D eigenvalue weighted by Crippen LogP contribution is -2.49. The van der Waals surface area contributed by atoms with E-state index in [1.54, 1.807) is 116 Å². The highest BCUT2D eigenvalue weighted by Crippen LogP contribution is 2.64. The Kier molecular flexibility index (Phi) is 17.3. The molecule has 48 heavy (non-hydrogen) atoms. The fourth-order valence-corrected chi connectivity index (χ4v) is 17.1. The van der Waals surface area contributed by atoms with Gasteiger partial charge < -0.3 is 0 Å². The number of nitrogens with zero attached hydrogens (tertiary/aromatic N) is 1. The Morgan fingerprint density at radius 1 is 0.250 bits per heavy atom. The minimum Gasteiger partial charge on any atom is -0.275 e. The highest BCUT2D eigenvalue weighted by molar-refractivity contribution is 7.56. The molecule has 2 saturated heterocycles. The quantitative estimate of drug-likeness (QED) is 0.230. The van der Waals surface area contributed by atoms with E-state index in [1.165, 1.54) is 128 Å². The van der Waals surface area contributed by atoms with Crippen molar-refractivity contribution in [2.24, 2.45) is 23.7 Å². The first-order valence-electron chi connectivity index (χ1n) is 23.4. The van der Waals surface area contributed by atoms with E-state index in [1.807, 2.05) is 0 Å². The molecule has 0 aromatic rings. The third-order valence-electron chi connectivity index (χ3n) is 15.3. The summed E-state index contributed by atoms with van der Waals surface area (Å²) in [6.45, 7) is 0. The van der Waals surface area contributed by atoms with Gasteiger partial charge in [0.25, 0.3) is 0 Å². The Balaban J connectivity index is 1.42. The molecule has 9 atom stereocenters. The fourth-order valence-electron chi connectivity index (χ4n) is 12.7. The lowest BCUT2D eigenvalue weighted by atomic mass is 9.75. The largest absolute Gasteiger partial charge is 0.275 e. The van der Waals surface area contributed by atoms with Crippen molar-refractivity contribution in [1.82, 2.24) is 4.67 Å². The average Bonchev–Trinajstić information content (AvgIpc) is 3.20. The molecule has 0 aromatic heterocycles. The number of hydrogen-bond acceptors (Lipinski definition) is 1. The summed E-state index contributed by atoms with van der Waals surface area (Å²) in [5.74, 6) is 4.16. The van der Waals surface area contributed by atoms with Crippen molar-refractivity contribution < 1.29 is 0 Å². The van der Waals surface area contributed by atoms with Gasteiger partial charge in [0.15, 0.2) is 0 Å². The van der Waals surface area contributed by atoms with Gasteiger partial charge in [-0.1, -0.05) is 193 Å². The molecule has 278 valence electrons. The van der Waals surface area contributed by atoms with Gasteiger partial charge in [-0.3, -0.25) is 4.67 Å². The van der Waals surface area contributed by atoms with Crippen molar-refractivity contribution in [2.75, 3.05) is 0 Å². The number of rotatable bonds is 0. The topological polar surface area (TPSA) is 3.24 Å². The van der Waals surface area contributed by atoms with Gasteiger partial charge in [0.2, 0.25) is 0 Å². The highest BCUT2D eigenvalue weighted by atomic mass is 31.1. The second-order valence-electron chi connectivity index (χ2n) is 18.9. The molecule has 0 spiro atoms. The molecule has 8 bridgehead atoms. The summed E-state index contributed by atoms with van der Waals surface area (Å²) in [7, 11) is -0.0532. The lowest BCUT2D eigenvalue weighted by Gasteiger charge is -2.56. The number of fused-ring (bicyclic) bond motifs is 15. The molecule has 6 rings (SSSR count). The predicted octanol–water partition coefficient (Wildman–Crippen LogP) is 15.5. The van der Waals surface area contributed by atoms with Crippen molar-refractivity contribution in [3.8, 4) is 0 Å². The molecule has 2 heteroatoms. The molecule has 6 fully saturated rings. The lowest BCUT2D eigenvalue weighted by molar-refractivity contribution is 0.110. The van der Waals surface area contributed by atoms with Crippen LogP contribution in [-0.2, 0) is 0 Å². The van der Waals surface area contributed by atoms with Crippen LogP contribution in [0.15, 0.2) is 0 Å². The van der Waals surface area contributed by atoms with Gasteiger partial charge in [0.1, 0.15) is 0 Å². The molecule has 2 aliphatic heterocycles. The van der Waals surface area contributed by atoms with E-state index in [0.717, 1.165) is 47.1 Å². The maximum atomic E-state index is 3.62. The maximum Gasteiger partial charge on any atom is 0.0140 e. The summed E-state index contributed by atoms with van der Waals surface area (Å²) < 4.78 is 3.62. The van der Waals surface area contributed by atoms with Crippen LogP contribution >= 0.6 is 8.07 Å². The summed E-state index contributed by atoms with van der Waals surface area (Å²) in [5.41, 5.74) is 2.10. The Morgan fingerprint density at radius 2 is 0.500 bits per heavy atom. The minimum absolute atomic E-state index is 0.0532. The molecule has 4 aliphatic carbocycles. The first kappa shape index (κ1) is 38.1. The summed E-state index contributed by atoms with van der Waals surface area (Å²) in [5, 5.41) is 0. The third-order valence-corrected chi connectivity index (χ3v) is 19.0. The zero-order valence-corrected chi connectivity index (χ0v) is 33.3. The van der Waals surface area contributed by atoms with E-state index < -0.39 is 0 Å². The zero-order chi connectivity index (χ0) is 32.6. The van der Waals surface area contributed by atoms with Crippen LogP contribution in [0.25, 0.3) is 0 Å². The van der Waals surface area contributed by atoms with Crippen molar-refractivity contribution in [1.29, 1.82) is 0 Å². The van der Waals surface area contributed by atoms with Gasteiger partial charge >= 0.3 is 0 Å². The molecular formula is C46H84NP. The minimum atomic E-state index is -0.0532. The van der Waals surface area contributed by atoms with Crippen LogP contribution in [0.1, 0.15) is 244 Å². The summed E-state index contributed by atoms with van der Waals surface area (Å²) in [6, 6.07) is 1.84. The molecule has 0 amide bonds. The molecule has 0 aromatic carbocycles. The van der Waals surface area contributed by atoms with Crippen molar-refractivity contribution in [3.63, 3.8) is 0 Å². The van der Waals surface area contributed by atoms with E-state index in [4.69, 9.17) is 0 Å². The molecule has 0 radical (unpaired) electrons. The van der Waals surface area contributed by atoms with Gasteiger partial charge in [0.05, 0.1) is 0 Å². The van der Waals surface area contributed by atoms with Crippen molar-refractivity contribution >= 4 is 8.07 Å². The maximum absolute atomic E-state index is 3.62. The van der Waals surface area contributed by atoms with Crippen molar-refractivity contribution in [2.45, 2.75) is 267 Å². The monoisotopic (exact) mass is 682 g/mol. The molecule has 4 saturated carbocycles. The van der Waals surface area contributed by atoms with Gasteiger partial charge in [-0.2, -0.15) is 0 Å². The van der Waals surface area contributed by atoms with Crippen LogP contribution in [-0.4, -0.2) is 28.1 Å². The van der Waals surface area contributed by atoms with Crippen molar-refractivity contribution in [3.05, 3.63) is 0 Å². The van der Waals surface area contributed by atoms with E-state index in [9.17, 15) is 0 Å². The van der Waals surface area contributed by atoms with E-state index >= 15 is 0 Å². The second-order valence-corrected chi connectivity index (χ2v) is 21.5. The van der Waals surface area contributed by atoms with Crippen LogP contribution in [0.2, 0.25) is 0 Å². The molecule has 0 N–H and O–H groups in total. The van der Waals surface area contributed by atoms with Gasteiger partial charge in [-0.15, -0.1) is 0 Å². The number of hydrogen-bond donors (Lipinski definition) is 0. The molecular weight excluding hydrogens is 597 g/mol. The van der Waals surface area contributed by atoms with Gasteiger partial charge in [-0.25, -0.2) is 0 Å². The SMILES string of the molecule is C1CCCCCC2CC(CCCC1)C1CCCCCCCCC(C1)N1C3CCCCCCCCC(C3)C3CCCCCCCCC(C3)P21. The fraction of sp³-hybridized carbons (Fsp3) is 1.00. The highest BCUT2D eigenvalue weighted by Gasteiger charge is 2.47. The predicted molar refractivity (Wildman–Crippen MR) is 213 cm³/mol. The Labute approximate surface area is 302 Å². The Morgan fingerprint density at radius 3 is 0.833 bits per heavy atom. The van der Waals surface area contributed by atoms with Crippen LogP contribution in [0, 0.1) is 23.7 Å². The van der Waals surface area contributed by atoms with E-state index in [2.05, 4.69) is 4.67 Å². The van der Waals surface area contributed by atoms with Crippen LogP contribution in [0.3, 0.4) is 0 Å². The average molecular weight is 682 g/mol. The van der Waals surface area contributed by atoms with Gasteiger partial charge in [0, 0.05) is 12.1 Å². The van der Waals surface area contributed by atoms with Crippen LogP contribution < -0.4 is 0 Å². The van der Waals surface area contributed by atoms with E-state index in [-0.39, 0.29) is 8.07 Å². The van der Waals surface area contributed by atoms with Crippen LogP contribution in [0.5, 0.6) is 0 Å². The first-order valence-corrected chi connectivity index (χ1v) is 24.9. The summed E-state index contributed by atoms with van der Waals surface area (Å²) in [6.07, 6.45) is 59.1. The van der Waals surface area contributed by atoms with E-state index in [0.29, 0.717) is 0 Å². The summed E-state index contributed by atoms with van der Waals surface area (Å²) in [4.78, 5) is 0. The zero-order valence-electron chi connectivity index (χ0n) is 32.4. The smallest absolute Gasteiger partial charge is 0.0140 e. The summed E-state index contributed by atoms with van der Waals surface area (Å²) >= 11 is 0. The molecule has 9 unspecified atom stereocenters. The standard InChI is InChI=1S/C46H84NP/c1-2-4-17-25-33-45-37-41(29-21-11-3-1)39-27-19-12-5-8-15-23-31-43(35-39)47-44-32-24-16-9-6-13-20-28-40(36-44)42-30-22-14-7-10-18-26-34-46(38-42)48(45)47/h39-46H,1-38H2. The normalized spacial score (nSPS) is 40.4.